The van der Waals surface area contributed by atoms with Gasteiger partial charge in [0.25, 0.3) is 0 Å². The number of hydrogen-bond donors (Lipinski definition) is 3. The third kappa shape index (κ3) is 8.69. The van der Waals surface area contributed by atoms with Crippen molar-refractivity contribution in [1.29, 1.82) is 0 Å². The van der Waals surface area contributed by atoms with E-state index in [1.165, 1.54) is 5.56 Å². The minimum Gasteiger partial charge on any atom is -0.480 e. The van der Waals surface area contributed by atoms with Gasteiger partial charge in [-0.2, -0.15) is 0 Å². The highest BCUT2D eigenvalue weighted by Crippen LogP contribution is 2.21. The zero-order valence-electron chi connectivity index (χ0n) is 22.8. The van der Waals surface area contributed by atoms with E-state index in [0.717, 1.165) is 68.8 Å². The average molecular weight is 534 g/mol. The van der Waals surface area contributed by atoms with Gasteiger partial charge in [0.15, 0.2) is 0 Å². The molecule has 1 aliphatic rings. The lowest BCUT2D eigenvalue weighted by atomic mass is 10.1. The molecule has 208 valence electrons. The molecule has 0 aliphatic carbocycles. The van der Waals surface area contributed by atoms with E-state index in [4.69, 9.17) is 9.72 Å². The summed E-state index contributed by atoms with van der Waals surface area (Å²) in [4.78, 5) is 32.0. The molecule has 1 aliphatic heterocycles. The summed E-state index contributed by atoms with van der Waals surface area (Å²) in [5.74, 6) is 0.552. The Kier molecular flexibility index (Phi) is 10.6. The predicted molar refractivity (Wildman–Crippen MR) is 152 cm³/mol. The van der Waals surface area contributed by atoms with Crippen LogP contribution in [0.4, 0.5) is 11.6 Å². The number of aromatic nitrogens is 4. The van der Waals surface area contributed by atoms with Crippen LogP contribution in [0.5, 0.6) is 0 Å². The van der Waals surface area contributed by atoms with Crippen molar-refractivity contribution >= 4 is 17.6 Å². The normalized spacial score (nSPS) is 14.3. The molecule has 0 radical (unpaired) electrons. The van der Waals surface area contributed by atoms with Crippen LogP contribution in [0.2, 0.25) is 0 Å². The Balaban J connectivity index is 1.30. The van der Waals surface area contributed by atoms with E-state index < -0.39 is 12.0 Å². The zero-order chi connectivity index (χ0) is 27.5. The number of nitrogens with zero attached hydrogens (tertiary/aromatic N) is 5. The standard InChI is InChI=1S/C29H39N7O3/c1-21(39-2)20-36(16-4-3-7-24-9-8-23-6-5-13-32-28(23)33-24)17-12-25(29(37)38)34-27-19-31-18-26(35-27)22-10-14-30-15-11-22/h8-11,14-15,18-19,21,25H,3-7,12-13,16-17,20H2,1-2H3,(H,32,33)(H,34,35)(H,37,38). The van der Waals surface area contributed by atoms with E-state index in [-0.39, 0.29) is 6.10 Å². The van der Waals surface area contributed by atoms with E-state index in [1.54, 1.807) is 31.9 Å². The van der Waals surface area contributed by atoms with E-state index in [1.807, 2.05) is 19.1 Å². The Morgan fingerprint density at radius 2 is 1.97 bits per heavy atom. The topological polar surface area (TPSA) is 125 Å². The van der Waals surface area contributed by atoms with Crippen molar-refractivity contribution in [2.24, 2.45) is 0 Å². The van der Waals surface area contributed by atoms with Crippen molar-refractivity contribution in [3.05, 3.63) is 60.3 Å². The molecule has 39 heavy (non-hydrogen) atoms. The minimum atomic E-state index is -0.919. The molecule has 0 fully saturated rings. The molecule has 4 rings (SSSR count). The molecule has 2 unspecified atom stereocenters. The molecule has 0 aromatic carbocycles. The first-order chi connectivity index (χ1) is 19.0. The number of nitrogens with one attached hydrogen (secondary N) is 2. The lowest BCUT2D eigenvalue weighted by molar-refractivity contribution is -0.138. The summed E-state index contributed by atoms with van der Waals surface area (Å²) < 4.78 is 5.50. The van der Waals surface area contributed by atoms with Crippen LogP contribution in [0.3, 0.4) is 0 Å². The fraction of sp³-hybridized carbons (Fsp3) is 0.483. The summed E-state index contributed by atoms with van der Waals surface area (Å²) in [5, 5.41) is 16.4. The first-order valence-electron chi connectivity index (χ1n) is 13.7. The molecule has 10 nitrogen and oxygen atoms in total. The molecule has 10 heteroatoms. The van der Waals surface area contributed by atoms with Gasteiger partial charge in [-0.15, -0.1) is 0 Å². The van der Waals surface area contributed by atoms with Crippen molar-refractivity contribution in [3.63, 3.8) is 0 Å². The molecule has 3 aromatic rings. The number of hydrogen-bond acceptors (Lipinski definition) is 9. The van der Waals surface area contributed by atoms with Gasteiger partial charge in [0.1, 0.15) is 17.7 Å². The molecule has 0 amide bonds. The number of carbonyl (C=O) groups is 1. The maximum Gasteiger partial charge on any atom is 0.326 e. The highest BCUT2D eigenvalue weighted by Gasteiger charge is 2.20. The fourth-order valence-corrected chi connectivity index (χ4v) is 4.73. The van der Waals surface area contributed by atoms with Crippen LogP contribution in [0, 0.1) is 0 Å². The van der Waals surface area contributed by atoms with E-state index in [9.17, 15) is 9.90 Å². The van der Waals surface area contributed by atoms with Crippen LogP contribution in [-0.2, 0) is 22.4 Å². The first-order valence-corrected chi connectivity index (χ1v) is 13.7. The van der Waals surface area contributed by atoms with E-state index in [0.29, 0.717) is 24.5 Å². The maximum atomic E-state index is 12.1. The molecule has 3 N–H and O–H groups in total. The zero-order valence-corrected chi connectivity index (χ0v) is 22.8. The number of carboxylic acid groups (broad SMARTS) is 1. The Hall–Kier alpha value is -3.63. The summed E-state index contributed by atoms with van der Waals surface area (Å²) >= 11 is 0. The van der Waals surface area contributed by atoms with Gasteiger partial charge < -0.3 is 25.4 Å². The summed E-state index contributed by atoms with van der Waals surface area (Å²) in [6, 6.07) is 7.24. The quantitative estimate of drug-likeness (QED) is 0.248. The molecular weight excluding hydrogens is 494 g/mol. The largest absolute Gasteiger partial charge is 0.480 e. The number of rotatable bonds is 15. The SMILES string of the molecule is COC(C)CN(CCCCc1ccc2c(n1)NCCC2)CCC(Nc1cncc(-c2ccncc2)n1)C(=O)O. The second-order valence-corrected chi connectivity index (χ2v) is 9.99. The van der Waals surface area contributed by atoms with Crippen molar-refractivity contribution in [1.82, 2.24) is 24.8 Å². The van der Waals surface area contributed by atoms with Crippen LogP contribution < -0.4 is 10.6 Å². The van der Waals surface area contributed by atoms with Gasteiger partial charge in [-0.1, -0.05) is 6.07 Å². The van der Waals surface area contributed by atoms with Gasteiger partial charge in [-0.05, 0) is 75.8 Å². The van der Waals surface area contributed by atoms with Gasteiger partial charge in [-0.3, -0.25) is 9.97 Å². The Morgan fingerprint density at radius 1 is 1.13 bits per heavy atom. The van der Waals surface area contributed by atoms with E-state index in [2.05, 4.69) is 42.6 Å². The number of carboxylic acids is 1. The molecule has 4 heterocycles. The summed E-state index contributed by atoms with van der Waals surface area (Å²) in [6.45, 7) is 5.24. The smallest absolute Gasteiger partial charge is 0.326 e. The Bertz CT molecular complexity index is 1190. The molecule has 0 saturated carbocycles. The highest BCUT2D eigenvalue weighted by atomic mass is 16.5. The summed E-state index contributed by atoms with van der Waals surface area (Å²) in [7, 11) is 1.70. The predicted octanol–water partition coefficient (Wildman–Crippen LogP) is 3.91. The van der Waals surface area contributed by atoms with Crippen molar-refractivity contribution < 1.29 is 14.6 Å². The molecule has 3 aromatic heterocycles. The maximum absolute atomic E-state index is 12.1. The molecule has 0 bridgehead atoms. The molecular formula is C29H39N7O3. The number of aryl methyl sites for hydroxylation is 2. The number of methoxy groups -OCH3 is 1. The molecule has 0 spiro atoms. The third-order valence-electron chi connectivity index (χ3n) is 6.99. The van der Waals surface area contributed by atoms with Crippen LogP contribution in [0.25, 0.3) is 11.3 Å². The van der Waals surface area contributed by atoms with Gasteiger partial charge in [0, 0.05) is 50.4 Å². The van der Waals surface area contributed by atoms with Gasteiger partial charge in [0.2, 0.25) is 0 Å². The monoisotopic (exact) mass is 533 g/mol. The van der Waals surface area contributed by atoms with Crippen LogP contribution in [-0.4, -0.2) is 81.3 Å². The highest BCUT2D eigenvalue weighted by molar-refractivity contribution is 5.77. The number of ether oxygens (including phenoxy) is 1. The van der Waals surface area contributed by atoms with Crippen molar-refractivity contribution in [3.8, 4) is 11.3 Å². The minimum absolute atomic E-state index is 0.0533. The lowest BCUT2D eigenvalue weighted by Gasteiger charge is -2.26. The second kappa shape index (κ2) is 14.5. The Morgan fingerprint density at radius 3 is 2.77 bits per heavy atom. The summed E-state index contributed by atoms with van der Waals surface area (Å²) in [6.07, 6.45) is 12.2. The van der Waals surface area contributed by atoms with Gasteiger partial charge in [-0.25, -0.2) is 14.8 Å². The number of unbranched alkanes of at least 4 members (excludes halogenated alkanes) is 1. The average Bonchev–Trinajstić information content (AvgIpc) is 2.97. The van der Waals surface area contributed by atoms with Crippen LogP contribution in [0.1, 0.15) is 43.9 Å². The van der Waals surface area contributed by atoms with Crippen LogP contribution in [0.15, 0.2) is 49.1 Å². The third-order valence-corrected chi connectivity index (χ3v) is 6.99. The number of pyridine rings is 2. The van der Waals surface area contributed by atoms with Crippen molar-refractivity contribution in [2.45, 2.75) is 57.6 Å². The van der Waals surface area contributed by atoms with Crippen molar-refractivity contribution in [2.75, 3.05) is 43.9 Å². The van der Waals surface area contributed by atoms with Gasteiger partial charge >= 0.3 is 5.97 Å². The number of anilines is 2. The number of aliphatic carboxylic acids is 1. The first kappa shape index (κ1) is 28.4. The van der Waals surface area contributed by atoms with E-state index >= 15 is 0 Å². The Labute approximate surface area is 230 Å². The summed E-state index contributed by atoms with van der Waals surface area (Å²) in [5.41, 5.74) is 3.95. The van der Waals surface area contributed by atoms with Gasteiger partial charge in [0.05, 0.1) is 24.2 Å². The van der Waals surface area contributed by atoms with Crippen LogP contribution >= 0.6 is 0 Å². The lowest BCUT2D eigenvalue weighted by Crippen LogP contribution is -2.38. The molecule has 2 atom stereocenters. The number of fused-ring (bicyclic) bond motifs is 1. The fourth-order valence-electron chi connectivity index (χ4n) is 4.73. The molecule has 0 saturated heterocycles. The second-order valence-electron chi connectivity index (χ2n) is 9.99.